The van der Waals surface area contributed by atoms with Gasteiger partial charge in [-0.05, 0) is 31.4 Å². The first-order chi connectivity index (χ1) is 10.2. The molecule has 6 heteroatoms. The number of nitrogens with zero attached hydrogens (tertiary/aromatic N) is 3. The number of likely N-dealkylation sites (tertiary alicyclic amines) is 1. The lowest BCUT2D eigenvalue weighted by Crippen LogP contribution is -2.48. The summed E-state index contributed by atoms with van der Waals surface area (Å²) in [5, 5.41) is 9.25. The van der Waals surface area contributed by atoms with Crippen molar-refractivity contribution in [3.05, 3.63) is 36.2 Å². The van der Waals surface area contributed by atoms with E-state index in [0.717, 1.165) is 12.8 Å². The van der Waals surface area contributed by atoms with Crippen LogP contribution in [0.25, 0.3) is 11.0 Å². The Bertz CT molecular complexity index is 701. The zero-order valence-electron chi connectivity index (χ0n) is 11.4. The van der Waals surface area contributed by atoms with Crippen LogP contribution in [-0.2, 0) is 4.79 Å². The monoisotopic (exact) mass is 285 g/mol. The number of piperidine rings is 1. The fraction of sp³-hybridized carbons (Fsp3) is 0.333. The molecule has 1 unspecified atom stereocenters. The summed E-state index contributed by atoms with van der Waals surface area (Å²) < 4.78 is 0. The van der Waals surface area contributed by atoms with Crippen LogP contribution in [0.15, 0.2) is 30.5 Å². The number of hydrogen-bond donors (Lipinski definition) is 1. The molecule has 21 heavy (non-hydrogen) atoms. The zero-order chi connectivity index (χ0) is 14.8. The summed E-state index contributed by atoms with van der Waals surface area (Å²) in [7, 11) is 0. The molecular weight excluding hydrogens is 270 g/mol. The van der Waals surface area contributed by atoms with Gasteiger partial charge in [-0.2, -0.15) is 0 Å². The third kappa shape index (κ3) is 2.56. The Kier molecular flexibility index (Phi) is 3.51. The minimum atomic E-state index is -0.961. The molecule has 0 spiro atoms. The molecule has 1 N–H and O–H groups in total. The lowest BCUT2D eigenvalue weighted by Gasteiger charge is -2.32. The third-order valence-electron chi connectivity index (χ3n) is 3.72. The van der Waals surface area contributed by atoms with Gasteiger partial charge in [0.2, 0.25) is 0 Å². The van der Waals surface area contributed by atoms with Gasteiger partial charge in [0.15, 0.2) is 0 Å². The molecule has 0 radical (unpaired) electrons. The van der Waals surface area contributed by atoms with E-state index in [1.807, 2.05) is 18.2 Å². The van der Waals surface area contributed by atoms with E-state index in [0.29, 0.717) is 24.0 Å². The molecule has 108 valence electrons. The summed E-state index contributed by atoms with van der Waals surface area (Å²) in [6.45, 7) is 0.449. The van der Waals surface area contributed by atoms with E-state index in [1.54, 1.807) is 6.07 Å². The molecule has 1 aliphatic rings. The summed E-state index contributed by atoms with van der Waals surface area (Å²) in [6, 6.07) is 6.51. The number of para-hydroxylation sites is 2. The molecule has 1 aliphatic heterocycles. The summed E-state index contributed by atoms with van der Waals surface area (Å²) in [5.74, 6) is -1.32. The Balaban J connectivity index is 1.93. The number of carbonyl (C=O) groups is 2. The number of aliphatic carboxylic acids is 1. The average Bonchev–Trinajstić information content (AvgIpc) is 2.53. The van der Waals surface area contributed by atoms with Gasteiger partial charge in [-0.3, -0.25) is 9.78 Å². The Hall–Kier alpha value is -2.50. The number of amides is 1. The maximum atomic E-state index is 12.5. The standard InChI is InChI=1S/C15H15N3O3/c19-14(18-8-4-3-7-13(18)15(20)21)12-9-16-10-5-1-2-6-11(10)17-12/h1-2,5-6,9,13H,3-4,7-8H2,(H,20,21). The second kappa shape index (κ2) is 5.47. The normalized spacial score (nSPS) is 18.7. The second-order valence-corrected chi connectivity index (χ2v) is 5.09. The maximum absolute atomic E-state index is 12.5. The van der Waals surface area contributed by atoms with Crippen LogP contribution >= 0.6 is 0 Å². The average molecular weight is 285 g/mol. The lowest BCUT2D eigenvalue weighted by molar-refractivity contribution is -0.143. The van der Waals surface area contributed by atoms with E-state index < -0.39 is 12.0 Å². The van der Waals surface area contributed by atoms with Crippen LogP contribution in [0.5, 0.6) is 0 Å². The van der Waals surface area contributed by atoms with Gasteiger partial charge in [0.05, 0.1) is 17.2 Å². The number of carboxylic acids is 1. The van der Waals surface area contributed by atoms with Crippen LogP contribution in [0.4, 0.5) is 0 Å². The molecular formula is C15H15N3O3. The molecule has 0 aliphatic carbocycles. The zero-order valence-corrected chi connectivity index (χ0v) is 11.4. The van der Waals surface area contributed by atoms with Crippen molar-refractivity contribution >= 4 is 22.9 Å². The predicted molar refractivity (Wildman–Crippen MR) is 75.8 cm³/mol. The van der Waals surface area contributed by atoms with Crippen LogP contribution < -0.4 is 0 Å². The highest BCUT2D eigenvalue weighted by Crippen LogP contribution is 2.20. The smallest absolute Gasteiger partial charge is 0.326 e. The number of hydrogen-bond acceptors (Lipinski definition) is 4. The van der Waals surface area contributed by atoms with Gasteiger partial charge < -0.3 is 10.0 Å². The SMILES string of the molecule is O=C(O)C1CCCCN1C(=O)c1cnc2ccccc2n1. The molecule has 1 aromatic heterocycles. The highest BCUT2D eigenvalue weighted by atomic mass is 16.4. The Morgan fingerprint density at radius 2 is 1.95 bits per heavy atom. The first-order valence-electron chi connectivity index (χ1n) is 6.92. The fourth-order valence-electron chi connectivity index (χ4n) is 2.64. The van der Waals surface area contributed by atoms with E-state index in [2.05, 4.69) is 9.97 Å². The van der Waals surface area contributed by atoms with Gasteiger partial charge in [-0.15, -0.1) is 0 Å². The first-order valence-corrected chi connectivity index (χ1v) is 6.92. The van der Waals surface area contributed by atoms with E-state index >= 15 is 0 Å². The molecule has 2 heterocycles. The van der Waals surface area contributed by atoms with Crippen LogP contribution in [0.3, 0.4) is 0 Å². The molecule has 1 amide bonds. The number of carboxylic acid groups (broad SMARTS) is 1. The number of fused-ring (bicyclic) bond motifs is 1. The third-order valence-corrected chi connectivity index (χ3v) is 3.72. The van der Waals surface area contributed by atoms with Gasteiger partial charge in [-0.1, -0.05) is 12.1 Å². The minimum absolute atomic E-state index is 0.196. The summed E-state index contributed by atoms with van der Waals surface area (Å²) in [5.41, 5.74) is 1.54. The molecule has 1 atom stereocenters. The largest absolute Gasteiger partial charge is 0.480 e. The Labute approximate surface area is 121 Å². The van der Waals surface area contributed by atoms with E-state index in [4.69, 9.17) is 0 Å². The molecule has 0 bridgehead atoms. The number of aromatic nitrogens is 2. The lowest BCUT2D eigenvalue weighted by atomic mass is 10.0. The van der Waals surface area contributed by atoms with Crippen molar-refractivity contribution in [2.75, 3.05) is 6.54 Å². The summed E-state index contributed by atoms with van der Waals surface area (Å²) >= 11 is 0. The van der Waals surface area contributed by atoms with E-state index in [-0.39, 0.29) is 11.6 Å². The van der Waals surface area contributed by atoms with Crippen molar-refractivity contribution in [1.29, 1.82) is 0 Å². The van der Waals surface area contributed by atoms with Crippen molar-refractivity contribution < 1.29 is 14.7 Å². The highest BCUT2D eigenvalue weighted by Gasteiger charge is 2.33. The van der Waals surface area contributed by atoms with Crippen molar-refractivity contribution in [3.63, 3.8) is 0 Å². The quantitative estimate of drug-likeness (QED) is 0.908. The van der Waals surface area contributed by atoms with Gasteiger partial charge >= 0.3 is 5.97 Å². The number of rotatable bonds is 2. The van der Waals surface area contributed by atoms with Crippen molar-refractivity contribution in [2.24, 2.45) is 0 Å². The number of benzene rings is 1. The van der Waals surface area contributed by atoms with Gasteiger partial charge in [0.1, 0.15) is 11.7 Å². The molecule has 3 rings (SSSR count). The highest BCUT2D eigenvalue weighted by molar-refractivity contribution is 5.96. The molecule has 2 aromatic rings. The van der Waals surface area contributed by atoms with Crippen molar-refractivity contribution in [1.82, 2.24) is 14.9 Å². The summed E-state index contributed by atoms with van der Waals surface area (Å²) in [4.78, 5) is 33.7. The van der Waals surface area contributed by atoms with E-state index in [9.17, 15) is 14.7 Å². The Morgan fingerprint density at radius 1 is 1.19 bits per heavy atom. The van der Waals surface area contributed by atoms with Gasteiger partial charge in [0.25, 0.3) is 5.91 Å². The molecule has 0 saturated carbocycles. The number of carbonyl (C=O) groups excluding carboxylic acids is 1. The van der Waals surface area contributed by atoms with Crippen LogP contribution in [0.1, 0.15) is 29.8 Å². The first kappa shape index (κ1) is 13.5. The van der Waals surface area contributed by atoms with Crippen molar-refractivity contribution in [2.45, 2.75) is 25.3 Å². The predicted octanol–water partition coefficient (Wildman–Crippen LogP) is 1.71. The van der Waals surface area contributed by atoms with Crippen LogP contribution in [-0.4, -0.2) is 44.4 Å². The van der Waals surface area contributed by atoms with Gasteiger partial charge in [-0.25, -0.2) is 9.78 Å². The molecule has 6 nitrogen and oxygen atoms in total. The Morgan fingerprint density at radius 3 is 2.71 bits per heavy atom. The fourth-order valence-corrected chi connectivity index (χ4v) is 2.64. The molecule has 1 aromatic carbocycles. The van der Waals surface area contributed by atoms with Crippen LogP contribution in [0.2, 0.25) is 0 Å². The molecule has 1 saturated heterocycles. The topological polar surface area (TPSA) is 83.4 Å². The molecule has 1 fully saturated rings. The second-order valence-electron chi connectivity index (χ2n) is 5.09. The maximum Gasteiger partial charge on any atom is 0.326 e. The van der Waals surface area contributed by atoms with Gasteiger partial charge in [0, 0.05) is 6.54 Å². The van der Waals surface area contributed by atoms with Crippen molar-refractivity contribution in [3.8, 4) is 0 Å². The van der Waals surface area contributed by atoms with Crippen LogP contribution in [0, 0.1) is 0 Å². The van der Waals surface area contributed by atoms with E-state index in [1.165, 1.54) is 11.1 Å². The summed E-state index contributed by atoms with van der Waals surface area (Å²) in [6.07, 6.45) is 3.54. The minimum Gasteiger partial charge on any atom is -0.480 e.